The molecule has 34 heavy (non-hydrogen) atoms. The third-order valence-electron chi connectivity index (χ3n) is 3.39. The largest absolute Gasteiger partial charge is 0.679 e. The predicted molar refractivity (Wildman–Crippen MR) is 138 cm³/mol. The summed E-state index contributed by atoms with van der Waals surface area (Å²) in [5, 5.41) is 0. The van der Waals surface area contributed by atoms with Crippen LogP contribution in [0.4, 0.5) is 0 Å². The Bertz CT molecular complexity index is 468. The fourth-order valence-electron chi connectivity index (χ4n) is 1.84. The Labute approximate surface area is 208 Å². The Morgan fingerprint density at radius 1 is 0.500 bits per heavy atom. The number of nitrogens with two attached hydrogens (primary N) is 6. The smallest absolute Gasteiger partial charge is 0.350 e. The molecule has 0 heterocycles. The molecule has 12 nitrogen and oxygen atoms in total. The van der Waals surface area contributed by atoms with E-state index >= 15 is 0 Å². The molecular formula is C21H54N6O6Si. The van der Waals surface area contributed by atoms with E-state index in [1.54, 1.807) is 0 Å². The molecule has 12 N–H and O–H groups in total. The second kappa shape index (κ2) is 16.5. The zero-order chi connectivity index (χ0) is 27.1. The predicted octanol–water partition coefficient (Wildman–Crippen LogP) is -0.668. The van der Waals surface area contributed by atoms with Crippen LogP contribution in [0.2, 0.25) is 0 Å². The molecule has 0 aromatic rings. The van der Waals surface area contributed by atoms with Crippen LogP contribution < -0.4 is 34.4 Å². The first kappa shape index (κ1) is 35.9. The van der Waals surface area contributed by atoms with Crippen molar-refractivity contribution >= 4 is 9.05 Å². The van der Waals surface area contributed by atoms with Crippen molar-refractivity contribution in [2.45, 2.75) is 77.8 Å². The molecule has 0 rings (SSSR count). The zero-order valence-electron chi connectivity index (χ0n) is 22.8. The van der Waals surface area contributed by atoms with E-state index in [1.807, 2.05) is 55.4 Å². The molecule has 0 aromatic heterocycles. The first-order valence-corrected chi connectivity index (χ1v) is 13.2. The fraction of sp³-hybridized carbons (Fsp3) is 1.00. The van der Waals surface area contributed by atoms with Crippen molar-refractivity contribution in [3.05, 3.63) is 0 Å². The highest BCUT2D eigenvalue weighted by Crippen LogP contribution is 2.16. The Balaban J connectivity index is 0. The summed E-state index contributed by atoms with van der Waals surface area (Å²) in [7, 11) is -3.29. The van der Waals surface area contributed by atoms with E-state index in [2.05, 4.69) is 0 Å². The van der Waals surface area contributed by atoms with Crippen molar-refractivity contribution in [1.82, 2.24) is 0 Å². The van der Waals surface area contributed by atoms with E-state index in [9.17, 15) is 0 Å². The van der Waals surface area contributed by atoms with E-state index < -0.39 is 20.4 Å². The van der Waals surface area contributed by atoms with E-state index in [4.69, 9.17) is 61.6 Å². The lowest BCUT2D eigenvalue weighted by molar-refractivity contribution is -0.225. The average Bonchev–Trinajstić information content (AvgIpc) is 2.69. The molecule has 13 heteroatoms. The summed E-state index contributed by atoms with van der Waals surface area (Å²) in [4.78, 5) is 0. The lowest BCUT2D eigenvalue weighted by Crippen LogP contribution is -2.54. The van der Waals surface area contributed by atoms with Gasteiger partial charge in [-0.1, -0.05) is 0 Å². The average molecular weight is 515 g/mol. The number of rotatable bonds is 18. The minimum atomic E-state index is -3.29. The number of ether oxygens (including phenoxy) is 2. The van der Waals surface area contributed by atoms with Crippen molar-refractivity contribution in [2.24, 2.45) is 34.4 Å². The molecule has 0 aliphatic rings. The van der Waals surface area contributed by atoms with Gasteiger partial charge in [0, 0.05) is 36.3 Å². The Kier molecular flexibility index (Phi) is 17.4. The van der Waals surface area contributed by atoms with Gasteiger partial charge >= 0.3 is 9.05 Å². The summed E-state index contributed by atoms with van der Waals surface area (Å²) in [6, 6.07) is 0. The molecule has 0 aliphatic carbocycles. The van der Waals surface area contributed by atoms with Crippen molar-refractivity contribution in [3.63, 3.8) is 0 Å². The van der Waals surface area contributed by atoms with Gasteiger partial charge in [-0.05, 0) is 55.4 Å². The van der Waals surface area contributed by atoms with Gasteiger partial charge in [-0.3, -0.25) is 0 Å². The molecule has 0 atom stereocenters. The molecular weight excluding hydrogens is 460 g/mol. The maximum absolute atomic E-state index is 5.89. The SMILES string of the molecule is CC(C)(N)COC(C)(C)OCC(C)(C)N.CC(C)(N)CO[Si](OCCN)(OCCN)OCCN. The summed E-state index contributed by atoms with van der Waals surface area (Å²) in [6.45, 7) is 18.0. The van der Waals surface area contributed by atoms with E-state index in [-0.39, 0.29) is 37.5 Å². The van der Waals surface area contributed by atoms with Crippen LogP contribution in [0, 0.1) is 0 Å². The minimum absolute atomic E-state index is 0.235. The number of hydrogen-bond donors (Lipinski definition) is 6. The highest BCUT2D eigenvalue weighted by atomic mass is 28.4. The molecule has 0 aromatic carbocycles. The van der Waals surface area contributed by atoms with Crippen LogP contribution in [0.15, 0.2) is 0 Å². The third-order valence-corrected chi connectivity index (χ3v) is 5.57. The van der Waals surface area contributed by atoms with Gasteiger partial charge in [0.15, 0.2) is 5.79 Å². The van der Waals surface area contributed by atoms with Gasteiger partial charge in [-0.15, -0.1) is 0 Å². The van der Waals surface area contributed by atoms with E-state index in [0.717, 1.165) is 0 Å². The maximum atomic E-state index is 5.89. The normalized spacial score (nSPS) is 13.6. The zero-order valence-corrected chi connectivity index (χ0v) is 23.8. The van der Waals surface area contributed by atoms with Gasteiger partial charge in [0.25, 0.3) is 0 Å². The molecule has 0 aliphatic heterocycles. The van der Waals surface area contributed by atoms with Gasteiger partial charge in [-0.25, -0.2) is 0 Å². The second-order valence-corrected chi connectivity index (χ2v) is 12.8. The van der Waals surface area contributed by atoms with Gasteiger partial charge in [0.05, 0.1) is 39.6 Å². The highest BCUT2D eigenvalue weighted by molar-refractivity contribution is 6.53. The van der Waals surface area contributed by atoms with Crippen LogP contribution >= 0.6 is 0 Å². The summed E-state index contributed by atoms with van der Waals surface area (Å²) in [5.41, 5.74) is 32.6. The van der Waals surface area contributed by atoms with Crippen LogP contribution in [-0.2, 0) is 27.2 Å². The van der Waals surface area contributed by atoms with Crippen molar-refractivity contribution in [1.29, 1.82) is 0 Å². The first-order chi connectivity index (χ1) is 15.3. The maximum Gasteiger partial charge on any atom is 0.679 e. The number of hydrogen-bond acceptors (Lipinski definition) is 12. The monoisotopic (exact) mass is 514 g/mol. The van der Waals surface area contributed by atoms with Crippen molar-refractivity contribution in [3.8, 4) is 0 Å². The molecule has 0 saturated carbocycles. The van der Waals surface area contributed by atoms with Crippen LogP contribution in [-0.4, -0.2) is 90.7 Å². The van der Waals surface area contributed by atoms with Gasteiger partial charge in [0.1, 0.15) is 0 Å². The van der Waals surface area contributed by atoms with Gasteiger partial charge in [0.2, 0.25) is 0 Å². The quantitative estimate of drug-likeness (QED) is 0.0992. The standard InChI is InChI=1S/C11H26N2O2.C10H28N4O4Si/c1-9(2,12)7-14-11(5,6)15-8-10(3,4)13;1-10(2,14)9-18-19(15-6-3-11,16-7-4-12)17-8-5-13/h7-8,12-13H2,1-6H3;3-9,11-14H2,1-2H3. The lowest BCUT2D eigenvalue weighted by Gasteiger charge is -2.32. The molecule has 0 bridgehead atoms. The Morgan fingerprint density at radius 3 is 1.03 bits per heavy atom. The van der Waals surface area contributed by atoms with Crippen LogP contribution in [0.5, 0.6) is 0 Å². The fourth-order valence-corrected chi connectivity index (χ4v) is 3.99. The van der Waals surface area contributed by atoms with Gasteiger partial charge in [-0.2, -0.15) is 0 Å². The van der Waals surface area contributed by atoms with Crippen molar-refractivity contribution in [2.75, 3.05) is 59.3 Å². The Hall–Kier alpha value is -0.263. The minimum Gasteiger partial charge on any atom is -0.350 e. The molecule has 0 saturated heterocycles. The van der Waals surface area contributed by atoms with Crippen LogP contribution in [0.3, 0.4) is 0 Å². The van der Waals surface area contributed by atoms with Gasteiger partial charge < -0.3 is 61.6 Å². The molecule has 0 spiro atoms. The molecule has 0 unspecified atom stereocenters. The second-order valence-electron chi connectivity index (χ2n) is 10.6. The van der Waals surface area contributed by atoms with E-state index in [0.29, 0.717) is 32.8 Å². The Morgan fingerprint density at radius 2 is 0.794 bits per heavy atom. The molecule has 0 fully saturated rings. The molecule has 0 radical (unpaired) electrons. The topological polar surface area (TPSA) is 212 Å². The third kappa shape index (κ3) is 23.5. The summed E-state index contributed by atoms with van der Waals surface area (Å²) >= 11 is 0. The highest BCUT2D eigenvalue weighted by Gasteiger charge is 2.46. The van der Waals surface area contributed by atoms with Crippen molar-refractivity contribution < 1.29 is 27.2 Å². The molecule has 208 valence electrons. The first-order valence-electron chi connectivity index (χ1n) is 11.6. The van der Waals surface area contributed by atoms with Crippen LogP contribution in [0.1, 0.15) is 55.4 Å². The van der Waals surface area contributed by atoms with Crippen LogP contribution in [0.25, 0.3) is 0 Å². The molecule has 0 amide bonds. The van der Waals surface area contributed by atoms with E-state index in [1.165, 1.54) is 0 Å². The summed E-state index contributed by atoms with van der Waals surface area (Å²) < 4.78 is 33.5. The summed E-state index contributed by atoms with van der Waals surface area (Å²) in [6.07, 6.45) is 0. The lowest BCUT2D eigenvalue weighted by atomic mass is 10.1. The summed E-state index contributed by atoms with van der Waals surface area (Å²) in [5.74, 6) is -0.646.